The van der Waals surface area contributed by atoms with E-state index in [0.717, 1.165) is 25.9 Å². The maximum atomic E-state index is 13.2. The fourth-order valence-electron chi connectivity index (χ4n) is 3.33. The summed E-state index contributed by atoms with van der Waals surface area (Å²) in [6, 6.07) is 14.8. The summed E-state index contributed by atoms with van der Waals surface area (Å²) in [6.07, 6.45) is 3.65. The number of nitrogens with zero attached hydrogens (tertiary/aromatic N) is 2. The predicted molar refractivity (Wildman–Crippen MR) is 121 cm³/mol. The number of hydrazone groups is 1. The summed E-state index contributed by atoms with van der Waals surface area (Å²) in [5.74, 6) is -0.634. The van der Waals surface area contributed by atoms with Gasteiger partial charge in [0.25, 0.3) is 11.8 Å². The second-order valence-electron chi connectivity index (χ2n) is 7.14. The number of rotatable bonds is 12. The van der Waals surface area contributed by atoms with Crippen LogP contribution in [0.5, 0.6) is 0 Å². The zero-order chi connectivity index (χ0) is 22.5. The number of unbranched alkanes of at least 4 members (excludes halogenated alkanes) is 1. The summed E-state index contributed by atoms with van der Waals surface area (Å²) in [4.78, 5) is 26.9. The van der Waals surface area contributed by atoms with E-state index in [9.17, 15) is 14.0 Å². The normalized spacial score (nSPS) is 12.1. The lowest BCUT2D eigenvalue weighted by molar-refractivity contribution is -0.126. The molecule has 1 atom stereocenters. The van der Waals surface area contributed by atoms with Crippen LogP contribution in [0.4, 0.5) is 4.39 Å². The van der Waals surface area contributed by atoms with Crippen molar-refractivity contribution in [3.05, 3.63) is 71.5 Å². The van der Waals surface area contributed by atoms with Crippen molar-refractivity contribution in [3.63, 3.8) is 0 Å². The third kappa shape index (κ3) is 8.30. The quantitative estimate of drug-likeness (QED) is 0.309. The minimum absolute atomic E-state index is 0.0923. The number of likely N-dealkylation sites (N-methyl/N-ethyl adjacent to an activating group) is 1. The first-order valence-electron chi connectivity index (χ1n) is 10.7. The van der Waals surface area contributed by atoms with Crippen molar-refractivity contribution in [2.75, 3.05) is 19.6 Å². The number of carbonyl (C=O) groups excluding carboxylic acids is 2. The average molecular weight is 427 g/mol. The Morgan fingerprint density at radius 2 is 1.81 bits per heavy atom. The zero-order valence-electron chi connectivity index (χ0n) is 18.2. The van der Waals surface area contributed by atoms with Crippen molar-refractivity contribution >= 4 is 18.0 Å². The van der Waals surface area contributed by atoms with Gasteiger partial charge in [-0.15, -0.1) is 0 Å². The lowest BCUT2D eigenvalue weighted by Gasteiger charge is -2.28. The molecule has 2 amide bonds. The van der Waals surface area contributed by atoms with E-state index < -0.39 is 0 Å². The van der Waals surface area contributed by atoms with Gasteiger partial charge in [0.15, 0.2) is 0 Å². The molecule has 2 aromatic rings. The Morgan fingerprint density at radius 1 is 1.06 bits per heavy atom. The molecular formula is C24H31FN4O2. The van der Waals surface area contributed by atoms with Crippen molar-refractivity contribution in [1.82, 2.24) is 15.6 Å². The van der Waals surface area contributed by atoms with Gasteiger partial charge in [-0.1, -0.05) is 44.2 Å². The molecular weight excluding hydrogens is 395 g/mol. The molecule has 31 heavy (non-hydrogen) atoms. The Labute approximate surface area is 183 Å². The van der Waals surface area contributed by atoms with E-state index in [0.29, 0.717) is 24.1 Å². The Balaban J connectivity index is 1.82. The number of carbonyl (C=O) groups is 2. The van der Waals surface area contributed by atoms with Crippen LogP contribution in [0.2, 0.25) is 0 Å². The average Bonchev–Trinajstić information content (AvgIpc) is 2.78. The highest BCUT2D eigenvalue weighted by atomic mass is 19.1. The fraction of sp³-hybridized carbons (Fsp3) is 0.375. The van der Waals surface area contributed by atoms with Crippen LogP contribution in [0.25, 0.3) is 0 Å². The van der Waals surface area contributed by atoms with Crippen LogP contribution in [0.3, 0.4) is 0 Å². The molecule has 2 rings (SSSR count). The summed E-state index contributed by atoms with van der Waals surface area (Å²) in [6.45, 7) is 6.07. The zero-order valence-corrected chi connectivity index (χ0v) is 18.2. The highest BCUT2D eigenvalue weighted by Gasteiger charge is 2.23. The van der Waals surface area contributed by atoms with Crippen LogP contribution >= 0.6 is 0 Å². The topological polar surface area (TPSA) is 73.8 Å². The molecule has 0 radical (unpaired) electrons. The first kappa shape index (κ1) is 24.2. The third-order valence-corrected chi connectivity index (χ3v) is 5.02. The van der Waals surface area contributed by atoms with E-state index in [1.165, 1.54) is 18.3 Å². The summed E-state index contributed by atoms with van der Waals surface area (Å²) < 4.78 is 13.2. The number of amides is 2. The Hall–Kier alpha value is -3.06. The van der Waals surface area contributed by atoms with Crippen LogP contribution in [-0.2, 0) is 4.79 Å². The standard InChI is InChI=1S/C24H31FN4O2/c1-3-29(4-2)22(24(31)28-27-18-19-11-10-14-21(25)17-19)15-8-9-16-26-23(30)20-12-6-5-7-13-20/h5-7,10-14,17-18,22H,3-4,8-9,15-16H2,1-2H3,(H,26,30)(H,28,31). The smallest absolute Gasteiger partial charge is 0.257 e. The molecule has 2 N–H and O–H groups in total. The van der Waals surface area contributed by atoms with Crippen LogP contribution < -0.4 is 10.7 Å². The minimum Gasteiger partial charge on any atom is -0.352 e. The first-order chi connectivity index (χ1) is 15.0. The first-order valence-corrected chi connectivity index (χ1v) is 10.7. The van der Waals surface area contributed by atoms with Crippen molar-refractivity contribution in [2.24, 2.45) is 5.10 Å². The van der Waals surface area contributed by atoms with E-state index in [1.54, 1.807) is 24.3 Å². The summed E-state index contributed by atoms with van der Waals surface area (Å²) in [7, 11) is 0. The molecule has 0 fully saturated rings. The summed E-state index contributed by atoms with van der Waals surface area (Å²) >= 11 is 0. The van der Waals surface area contributed by atoms with Gasteiger partial charge in [0, 0.05) is 12.1 Å². The van der Waals surface area contributed by atoms with Crippen LogP contribution in [-0.4, -0.2) is 48.6 Å². The van der Waals surface area contributed by atoms with Crippen molar-refractivity contribution in [3.8, 4) is 0 Å². The van der Waals surface area contributed by atoms with E-state index >= 15 is 0 Å². The molecule has 0 aromatic heterocycles. The van der Waals surface area contributed by atoms with Gasteiger partial charge in [-0.05, 0) is 62.2 Å². The van der Waals surface area contributed by atoms with Crippen LogP contribution in [0, 0.1) is 5.82 Å². The molecule has 0 aliphatic rings. The molecule has 0 saturated carbocycles. The molecule has 7 heteroatoms. The lowest BCUT2D eigenvalue weighted by atomic mass is 10.1. The molecule has 0 aliphatic carbocycles. The van der Waals surface area contributed by atoms with E-state index in [-0.39, 0.29) is 23.7 Å². The number of nitrogens with one attached hydrogen (secondary N) is 2. The van der Waals surface area contributed by atoms with E-state index in [4.69, 9.17) is 0 Å². The minimum atomic E-state index is -0.351. The molecule has 1 unspecified atom stereocenters. The predicted octanol–water partition coefficient (Wildman–Crippen LogP) is 3.59. The molecule has 2 aromatic carbocycles. The SMILES string of the molecule is CCN(CC)C(CCCCNC(=O)c1ccccc1)C(=O)NN=Cc1cccc(F)c1. The largest absolute Gasteiger partial charge is 0.352 e. The Kier molecular flexibility index (Phi) is 10.4. The fourth-order valence-corrected chi connectivity index (χ4v) is 3.33. The van der Waals surface area contributed by atoms with E-state index in [2.05, 4.69) is 20.7 Å². The summed E-state index contributed by atoms with van der Waals surface area (Å²) in [5, 5.41) is 6.89. The number of hydrogen-bond acceptors (Lipinski definition) is 4. The Bertz CT molecular complexity index is 854. The van der Waals surface area contributed by atoms with Gasteiger partial charge in [0.05, 0.1) is 12.3 Å². The molecule has 0 heterocycles. The van der Waals surface area contributed by atoms with Crippen molar-refractivity contribution in [1.29, 1.82) is 0 Å². The molecule has 0 bridgehead atoms. The second kappa shape index (κ2) is 13.3. The van der Waals surface area contributed by atoms with Gasteiger partial charge in [0.2, 0.25) is 0 Å². The Morgan fingerprint density at radius 3 is 2.48 bits per heavy atom. The maximum absolute atomic E-state index is 13.2. The third-order valence-electron chi connectivity index (χ3n) is 5.02. The molecule has 6 nitrogen and oxygen atoms in total. The maximum Gasteiger partial charge on any atom is 0.257 e. The number of halogens is 1. The van der Waals surface area contributed by atoms with E-state index in [1.807, 2.05) is 32.0 Å². The number of benzene rings is 2. The number of hydrogen-bond donors (Lipinski definition) is 2. The highest BCUT2D eigenvalue weighted by molar-refractivity contribution is 5.94. The molecule has 0 aliphatic heterocycles. The van der Waals surface area contributed by atoms with Crippen molar-refractivity contribution < 1.29 is 14.0 Å². The molecule has 0 spiro atoms. The van der Waals surface area contributed by atoms with Gasteiger partial charge in [-0.2, -0.15) is 5.10 Å². The van der Waals surface area contributed by atoms with Gasteiger partial charge in [-0.3, -0.25) is 14.5 Å². The van der Waals surface area contributed by atoms with Crippen molar-refractivity contribution in [2.45, 2.75) is 39.2 Å². The monoisotopic (exact) mass is 426 g/mol. The van der Waals surface area contributed by atoms with Gasteiger partial charge < -0.3 is 5.32 Å². The van der Waals surface area contributed by atoms with Crippen LogP contribution in [0.1, 0.15) is 49.0 Å². The highest BCUT2D eigenvalue weighted by Crippen LogP contribution is 2.10. The van der Waals surface area contributed by atoms with Gasteiger partial charge in [-0.25, -0.2) is 9.82 Å². The summed E-state index contributed by atoms with van der Waals surface area (Å²) in [5.41, 5.74) is 3.79. The lowest BCUT2D eigenvalue weighted by Crippen LogP contribution is -2.45. The molecule has 166 valence electrons. The van der Waals surface area contributed by atoms with Gasteiger partial charge >= 0.3 is 0 Å². The molecule has 0 saturated heterocycles. The van der Waals surface area contributed by atoms with Gasteiger partial charge in [0.1, 0.15) is 5.82 Å². The second-order valence-corrected chi connectivity index (χ2v) is 7.14. The van der Waals surface area contributed by atoms with Crippen LogP contribution in [0.15, 0.2) is 59.7 Å².